The molecule has 0 aliphatic heterocycles. The van der Waals surface area contributed by atoms with Crippen molar-refractivity contribution >= 4 is 0 Å². The van der Waals surface area contributed by atoms with E-state index in [-0.39, 0.29) is 65.7 Å². The first-order valence-corrected chi connectivity index (χ1v) is 4.00. The maximum Gasteiger partial charge on any atom is 0 e. The average molecular weight is 414 g/mol. The molecule has 0 bridgehead atoms. The zero-order valence-corrected chi connectivity index (χ0v) is 11.2. The van der Waals surface area contributed by atoms with Crippen LogP contribution in [0.15, 0.2) is 0 Å². The molecule has 0 amide bonds. The molecule has 0 unspecified atom stereocenters. The van der Waals surface area contributed by atoms with E-state index < -0.39 is 0 Å². The van der Waals surface area contributed by atoms with Crippen LogP contribution in [0.3, 0.4) is 0 Å². The molecule has 0 aromatic heterocycles. The van der Waals surface area contributed by atoms with Crippen molar-refractivity contribution in [1.29, 1.82) is 0 Å². The minimum absolute atomic E-state index is 0. The molecule has 0 aromatic carbocycles. The van der Waals surface area contributed by atoms with Gasteiger partial charge in [-0.25, -0.2) is 0 Å². The van der Waals surface area contributed by atoms with Gasteiger partial charge in [0.15, 0.2) is 0 Å². The van der Waals surface area contributed by atoms with Gasteiger partial charge in [-0.15, -0.1) is 0 Å². The van der Waals surface area contributed by atoms with Crippen molar-refractivity contribution in [3.05, 3.63) is 0 Å². The van der Waals surface area contributed by atoms with Crippen molar-refractivity contribution in [2.24, 2.45) is 0 Å². The summed E-state index contributed by atoms with van der Waals surface area (Å²) in [6.45, 7) is 16.0. The molecule has 0 rings (SSSR count). The molecule has 1 nitrogen and oxygen atoms in total. The summed E-state index contributed by atoms with van der Waals surface area (Å²) in [5.41, 5.74) is 0. The molecule has 15 heavy (non-hydrogen) atoms. The van der Waals surface area contributed by atoms with E-state index in [0.717, 1.165) is 0 Å². The summed E-state index contributed by atoms with van der Waals surface area (Å²) in [6.07, 6.45) is 0. The van der Waals surface area contributed by atoms with E-state index in [2.05, 4.69) is 0 Å². The smallest absolute Gasteiger partial charge is 0 e. The van der Waals surface area contributed by atoms with Crippen LogP contribution < -0.4 is 6.15 Å². The van der Waals surface area contributed by atoms with Gasteiger partial charge in [0.2, 0.25) is 0 Å². The van der Waals surface area contributed by atoms with Crippen LogP contribution in [0.5, 0.6) is 0 Å². The Bertz CT molecular complexity index is 10.5. The Kier molecular flexibility index (Phi) is 57600. The minimum Gasteiger partial charge on any atom is -0.344 e. The van der Waals surface area contributed by atoms with Gasteiger partial charge < -0.3 is 6.15 Å². The van der Waals surface area contributed by atoms with Crippen LogP contribution in [0.4, 0.5) is 0 Å². The van der Waals surface area contributed by atoms with Gasteiger partial charge in [0.25, 0.3) is 0 Å². The first kappa shape index (κ1) is 154. The Balaban J connectivity index is -0.00000000137. The summed E-state index contributed by atoms with van der Waals surface area (Å²) in [5.74, 6) is 0. The Morgan fingerprint density at radius 1 is 0.333 bits per heavy atom. The van der Waals surface area contributed by atoms with E-state index in [1.165, 1.54) is 0 Å². The monoisotopic (exact) mass is 414 g/mol. The van der Waals surface area contributed by atoms with E-state index in [1.54, 1.807) is 0 Å². The van der Waals surface area contributed by atoms with Crippen LogP contribution in [-0.4, -0.2) is 0 Å². The topological polar surface area (TPSA) is 35.0 Å². The number of hydrogen-bond acceptors (Lipinski definition) is 1. The molecule has 0 aliphatic carbocycles. The zero-order chi connectivity index (χ0) is 8.00. The second-order valence-electron chi connectivity index (χ2n) is 0. The van der Waals surface area contributed by atoms with E-state index in [4.69, 9.17) is 0 Å². The van der Waals surface area contributed by atoms with Crippen molar-refractivity contribution in [3.63, 3.8) is 0 Å². The first-order valence-electron chi connectivity index (χ1n) is 4.00. The van der Waals surface area contributed by atoms with Gasteiger partial charge in [0, 0.05) is 22.4 Å². The first-order chi connectivity index (χ1) is 4.00. The summed E-state index contributed by atoms with van der Waals surface area (Å²) in [6, 6.07) is 0. The normalized spacial score (nSPS) is 1.60. The summed E-state index contributed by atoms with van der Waals surface area (Å²) in [4.78, 5) is 0. The maximum absolute atomic E-state index is 2.00. The molecule has 115 valence electrons. The van der Waals surface area contributed by atoms with Crippen LogP contribution in [0.1, 0.15) is 92.5 Å². The predicted octanol–water partition coefficient (Wildman–Crippen LogP) is 7.44. The summed E-state index contributed by atoms with van der Waals surface area (Å²) in [7, 11) is 0. The van der Waals surface area contributed by atoms with Gasteiger partial charge in [-0.1, -0.05) is 92.5 Å². The molecule has 0 heterocycles. The number of hydrogen-bond donors (Lipinski definition) is 1. The Morgan fingerprint density at radius 2 is 0.333 bits per heavy atom. The Morgan fingerprint density at radius 3 is 0.333 bits per heavy atom. The van der Waals surface area contributed by atoms with Gasteiger partial charge in [0.1, 0.15) is 0 Å². The molecule has 3 N–H and O–H groups in total. The molecule has 2 heteroatoms. The Hall–Kier alpha value is 0.700. The van der Waals surface area contributed by atoms with Crippen molar-refractivity contribution < 1.29 is 22.4 Å². The summed E-state index contributed by atoms with van der Waals surface area (Å²) < 4.78 is 0. The fraction of sp³-hybridized carbons (Fsp3) is 1.00. The predicted molar refractivity (Wildman–Crippen MR) is 84.1 cm³/mol. The SMILES string of the molecule is C.C.C.C.C.CC.CC.CC.CC.N.[Au]. The van der Waals surface area contributed by atoms with Crippen LogP contribution in [-0.2, 0) is 22.4 Å². The molecular formula is C13H47AuN. The van der Waals surface area contributed by atoms with E-state index in [9.17, 15) is 0 Å². The van der Waals surface area contributed by atoms with Crippen LogP contribution in [0.25, 0.3) is 0 Å². The standard InChI is InChI=1S/4C2H6.5CH4.Au.H3N/c4*1-2;;;;;;;/h4*1-2H3;5*1H4;;1H3. The molecule has 0 spiro atoms. The molecule has 0 atom stereocenters. The molecule has 0 aliphatic rings. The Labute approximate surface area is 121 Å². The van der Waals surface area contributed by atoms with Crippen molar-refractivity contribution in [1.82, 2.24) is 6.15 Å². The van der Waals surface area contributed by atoms with E-state index in [0.29, 0.717) is 0 Å². The van der Waals surface area contributed by atoms with Crippen molar-refractivity contribution in [2.45, 2.75) is 92.5 Å². The molecule has 0 fully saturated rings. The van der Waals surface area contributed by atoms with Gasteiger partial charge in [0.05, 0.1) is 0 Å². The van der Waals surface area contributed by atoms with Gasteiger partial charge in [-0.2, -0.15) is 0 Å². The third-order valence-electron chi connectivity index (χ3n) is 0. The second kappa shape index (κ2) is 5630. The molecular weight excluding hydrogens is 367 g/mol. The van der Waals surface area contributed by atoms with E-state index >= 15 is 0 Å². The zero-order valence-electron chi connectivity index (χ0n) is 9.01. The number of rotatable bonds is 0. The van der Waals surface area contributed by atoms with Crippen molar-refractivity contribution in [2.75, 3.05) is 0 Å². The summed E-state index contributed by atoms with van der Waals surface area (Å²) in [5, 5.41) is 0. The van der Waals surface area contributed by atoms with Crippen molar-refractivity contribution in [3.8, 4) is 0 Å². The average Bonchev–Trinajstić information content (AvgIpc) is 2.03. The van der Waals surface area contributed by atoms with Gasteiger partial charge in [-0.05, 0) is 0 Å². The third-order valence-corrected chi connectivity index (χ3v) is 0. The molecule has 0 saturated carbocycles. The van der Waals surface area contributed by atoms with Gasteiger partial charge >= 0.3 is 0 Å². The van der Waals surface area contributed by atoms with Crippen LogP contribution >= 0.6 is 0 Å². The molecule has 1 radical (unpaired) electrons. The molecule has 0 saturated heterocycles. The quantitative estimate of drug-likeness (QED) is 0.411. The summed E-state index contributed by atoms with van der Waals surface area (Å²) >= 11 is 0. The van der Waals surface area contributed by atoms with Crippen LogP contribution in [0.2, 0.25) is 0 Å². The largest absolute Gasteiger partial charge is 0.344 e. The minimum atomic E-state index is 0. The molecule has 0 aromatic rings. The van der Waals surface area contributed by atoms with E-state index in [1.807, 2.05) is 55.4 Å². The second-order valence-corrected chi connectivity index (χ2v) is 0. The third kappa shape index (κ3) is 4840. The van der Waals surface area contributed by atoms with Gasteiger partial charge in [-0.3, -0.25) is 0 Å². The fourth-order valence-corrected chi connectivity index (χ4v) is 0. The van der Waals surface area contributed by atoms with Crippen LogP contribution in [0, 0.1) is 0 Å². The fourth-order valence-electron chi connectivity index (χ4n) is 0. The maximum atomic E-state index is 2.00.